The first-order chi connectivity index (χ1) is 17.0. The summed E-state index contributed by atoms with van der Waals surface area (Å²) in [6, 6.07) is 0. The summed E-state index contributed by atoms with van der Waals surface area (Å²) >= 11 is 0. The lowest BCUT2D eigenvalue weighted by molar-refractivity contribution is -0.135. The van der Waals surface area contributed by atoms with Crippen LogP contribution < -0.4 is 16.4 Å². The molecule has 1 aromatic heterocycles. The molecule has 35 heavy (non-hydrogen) atoms. The highest BCUT2D eigenvalue weighted by molar-refractivity contribution is 5.83. The van der Waals surface area contributed by atoms with Gasteiger partial charge in [-0.2, -0.15) is 0 Å². The van der Waals surface area contributed by atoms with Gasteiger partial charge in [0.05, 0.1) is 5.69 Å². The normalized spacial score (nSPS) is 20.3. The summed E-state index contributed by atoms with van der Waals surface area (Å²) in [4.78, 5) is 33.6. The maximum atomic E-state index is 12.5. The number of amides is 2. The van der Waals surface area contributed by atoms with Gasteiger partial charge < -0.3 is 25.8 Å². The SMILES string of the molecule is CCCCc1nc2c(n1CCN1CCN(C(=O)CCC(=O)NCC)CC1)C1=C(CCCC1)NC2N. The van der Waals surface area contributed by atoms with Gasteiger partial charge in [0.15, 0.2) is 0 Å². The molecule has 3 aliphatic rings. The molecule has 9 heteroatoms. The second kappa shape index (κ2) is 12.0. The van der Waals surface area contributed by atoms with Crippen molar-refractivity contribution in [3.05, 3.63) is 22.9 Å². The Morgan fingerprint density at radius 3 is 2.60 bits per heavy atom. The predicted octanol–water partition coefficient (Wildman–Crippen LogP) is 2.13. The van der Waals surface area contributed by atoms with E-state index in [0.29, 0.717) is 13.0 Å². The van der Waals surface area contributed by atoms with Crippen molar-refractivity contribution in [3.8, 4) is 0 Å². The third kappa shape index (κ3) is 6.06. The van der Waals surface area contributed by atoms with Crippen LogP contribution in [0.2, 0.25) is 0 Å². The summed E-state index contributed by atoms with van der Waals surface area (Å²) in [6.07, 6.45) is 8.20. The Kier molecular flexibility index (Phi) is 8.83. The molecule has 0 spiro atoms. The minimum absolute atomic E-state index is 0.0480. The van der Waals surface area contributed by atoms with Gasteiger partial charge in [0.1, 0.15) is 17.7 Å². The summed E-state index contributed by atoms with van der Waals surface area (Å²) in [7, 11) is 0. The molecular formula is C26H43N7O2. The summed E-state index contributed by atoms with van der Waals surface area (Å²) < 4.78 is 2.45. The summed E-state index contributed by atoms with van der Waals surface area (Å²) in [6.45, 7) is 9.73. The van der Waals surface area contributed by atoms with Crippen LogP contribution in [0.1, 0.15) is 88.6 Å². The number of unbranched alkanes of at least 4 members (excludes halogenated alkanes) is 1. The van der Waals surface area contributed by atoms with Gasteiger partial charge >= 0.3 is 0 Å². The third-order valence-electron chi connectivity index (χ3n) is 7.51. The lowest BCUT2D eigenvalue weighted by atomic mass is 9.90. The molecule has 0 radical (unpaired) electrons. The Hall–Kier alpha value is -2.39. The minimum Gasteiger partial charge on any atom is -0.368 e. The van der Waals surface area contributed by atoms with Crippen molar-refractivity contribution in [1.82, 2.24) is 30.0 Å². The zero-order valence-corrected chi connectivity index (χ0v) is 21.6. The standard InChI is InChI=1S/C26H43N7O2/c1-3-5-10-21-30-24-25(19-8-6-7-9-20(19)29-26(24)27)33(21)18-15-31-13-16-32(17-14-31)23(35)12-11-22(34)28-4-2/h26,29H,3-18,27H2,1-2H3,(H,28,34). The number of fused-ring (bicyclic) bond motifs is 2. The number of nitrogens with zero attached hydrogens (tertiary/aromatic N) is 4. The van der Waals surface area contributed by atoms with E-state index in [1.165, 1.54) is 29.8 Å². The average Bonchev–Trinajstić information content (AvgIpc) is 3.24. The highest BCUT2D eigenvalue weighted by Gasteiger charge is 2.32. The zero-order valence-electron chi connectivity index (χ0n) is 21.6. The molecule has 4 rings (SSSR count). The van der Waals surface area contributed by atoms with Gasteiger partial charge in [-0.1, -0.05) is 13.3 Å². The first-order valence-electron chi connectivity index (χ1n) is 13.6. The van der Waals surface area contributed by atoms with Gasteiger partial charge in [-0.3, -0.25) is 14.5 Å². The maximum absolute atomic E-state index is 12.5. The second-order valence-corrected chi connectivity index (χ2v) is 9.98. The Bertz CT molecular complexity index is 930. The van der Waals surface area contributed by atoms with E-state index in [2.05, 4.69) is 27.0 Å². The molecular weight excluding hydrogens is 442 g/mol. The number of nitrogens with one attached hydrogen (secondary N) is 2. The predicted molar refractivity (Wildman–Crippen MR) is 137 cm³/mol. The number of allylic oxidation sites excluding steroid dienone is 2. The van der Waals surface area contributed by atoms with E-state index in [9.17, 15) is 9.59 Å². The van der Waals surface area contributed by atoms with Gasteiger partial charge in [-0.15, -0.1) is 0 Å². The van der Waals surface area contributed by atoms with Crippen LogP contribution in [0.3, 0.4) is 0 Å². The molecule has 0 aromatic carbocycles. The van der Waals surface area contributed by atoms with Crippen LogP contribution in [-0.2, 0) is 22.6 Å². The van der Waals surface area contributed by atoms with Crippen molar-refractivity contribution >= 4 is 17.4 Å². The molecule has 4 N–H and O–H groups in total. The minimum atomic E-state index is -0.225. The molecule has 194 valence electrons. The van der Waals surface area contributed by atoms with Crippen molar-refractivity contribution in [3.63, 3.8) is 0 Å². The van der Waals surface area contributed by atoms with Crippen molar-refractivity contribution < 1.29 is 9.59 Å². The van der Waals surface area contributed by atoms with Crippen molar-refractivity contribution in [2.45, 2.75) is 84.3 Å². The largest absolute Gasteiger partial charge is 0.368 e. The van der Waals surface area contributed by atoms with E-state index in [1.807, 2.05) is 11.8 Å². The maximum Gasteiger partial charge on any atom is 0.223 e. The molecule has 1 aliphatic carbocycles. The van der Waals surface area contributed by atoms with Crippen molar-refractivity contribution in [1.29, 1.82) is 0 Å². The van der Waals surface area contributed by atoms with E-state index in [0.717, 1.165) is 82.9 Å². The third-order valence-corrected chi connectivity index (χ3v) is 7.51. The molecule has 9 nitrogen and oxygen atoms in total. The highest BCUT2D eigenvalue weighted by Crippen LogP contribution is 2.39. The number of aryl methyl sites for hydroxylation is 1. The highest BCUT2D eigenvalue weighted by atomic mass is 16.2. The number of carbonyl (C=O) groups is 2. The van der Waals surface area contributed by atoms with E-state index >= 15 is 0 Å². The molecule has 1 saturated heterocycles. The summed E-state index contributed by atoms with van der Waals surface area (Å²) in [5, 5.41) is 6.28. The Balaban J connectivity index is 1.38. The van der Waals surface area contributed by atoms with Crippen LogP contribution in [0.4, 0.5) is 0 Å². The quantitative estimate of drug-likeness (QED) is 0.469. The van der Waals surface area contributed by atoms with Crippen LogP contribution in [0, 0.1) is 0 Å². The number of hydrogen-bond acceptors (Lipinski definition) is 6. The van der Waals surface area contributed by atoms with Crippen LogP contribution in [-0.4, -0.2) is 70.4 Å². The molecule has 3 heterocycles. The van der Waals surface area contributed by atoms with Crippen molar-refractivity contribution in [2.75, 3.05) is 39.3 Å². The smallest absolute Gasteiger partial charge is 0.223 e. The number of carbonyl (C=O) groups excluding carboxylic acids is 2. The monoisotopic (exact) mass is 485 g/mol. The van der Waals surface area contributed by atoms with E-state index < -0.39 is 0 Å². The number of hydrogen-bond donors (Lipinski definition) is 3. The number of nitrogens with two attached hydrogens (primary N) is 1. The van der Waals surface area contributed by atoms with Gasteiger partial charge in [-0.25, -0.2) is 4.98 Å². The molecule has 1 aromatic rings. The first-order valence-corrected chi connectivity index (χ1v) is 13.6. The van der Waals surface area contributed by atoms with E-state index in [1.54, 1.807) is 0 Å². The first kappa shape index (κ1) is 25.7. The second-order valence-electron chi connectivity index (χ2n) is 9.98. The van der Waals surface area contributed by atoms with Gasteiger partial charge in [0.25, 0.3) is 0 Å². The fourth-order valence-electron chi connectivity index (χ4n) is 5.53. The molecule has 0 bridgehead atoms. The molecule has 0 saturated carbocycles. The molecule has 2 amide bonds. The lowest BCUT2D eigenvalue weighted by Crippen LogP contribution is -2.49. The van der Waals surface area contributed by atoms with Crippen LogP contribution in [0.5, 0.6) is 0 Å². The summed E-state index contributed by atoms with van der Waals surface area (Å²) in [5.74, 6) is 1.19. The number of rotatable bonds is 10. The molecule has 1 atom stereocenters. The topological polar surface area (TPSA) is 109 Å². The van der Waals surface area contributed by atoms with Gasteiger partial charge in [0, 0.05) is 70.8 Å². The Morgan fingerprint density at radius 2 is 1.86 bits per heavy atom. The summed E-state index contributed by atoms with van der Waals surface area (Å²) in [5.41, 5.74) is 11.5. The fourth-order valence-corrected chi connectivity index (χ4v) is 5.53. The van der Waals surface area contributed by atoms with Crippen LogP contribution in [0.25, 0.3) is 5.57 Å². The van der Waals surface area contributed by atoms with Gasteiger partial charge in [0.2, 0.25) is 11.8 Å². The van der Waals surface area contributed by atoms with E-state index in [-0.39, 0.29) is 24.4 Å². The van der Waals surface area contributed by atoms with Gasteiger partial charge in [-0.05, 0) is 44.6 Å². The Morgan fingerprint density at radius 1 is 1.09 bits per heavy atom. The van der Waals surface area contributed by atoms with Crippen molar-refractivity contribution in [2.24, 2.45) is 5.73 Å². The Labute approximate surface area is 209 Å². The molecule has 1 fully saturated rings. The van der Waals surface area contributed by atoms with E-state index in [4.69, 9.17) is 10.7 Å². The average molecular weight is 486 g/mol. The number of aromatic nitrogens is 2. The van der Waals surface area contributed by atoms with Crippen LogP contribution >= 0.6 is 0 Å². The fraction of sp³-hybridized carbons (Fsp3) is 0.731. The number of imidazole rings is 1. The molecule has 1 unspecified atom stereocenters. The number of piperazine rings is 1. The molecule has 2 aliphatic heterocycles. The lowest BCUT2D eigenvalue weighted by Gasteiger charge is -2.35. The van der Waals surface area contributed by atoms with Crippen LogP contribution in [0.15, 0.2) is 5.70 Å². The zero-order chi connectivity index (χ0) is 24.8.